The Labute approximate surface area is 116 Å². The summed E-state index contributed by atoms with van der Waals surface area (Å²) < 4.78 is 5.82. The van der Waals surface area contributed by atoms with Crippen LogP contribution in [0.3, 0.4) is 0 Å². The molecule has 2 N–H and O–H groups in total. The van der Waals surface area contributed by atoms with Crippen LogP contribution in [0.5, 0.6) is 5.75 Å². The molecule has 0 aromatic heterocycles. The predicted octanol–water partition coefficient (Wildman–Crippen LogP) is 3.40. The Morgan fingerprint density at radius 2 is 2.00 bits per heavy atom. The van der Waals surface area contributed by atoms with E-state index in [1.165, 1.54) is 16.7 Å². The van der Waals surface area contributed by atoms with Crippen molar-refractivity contribution < 1.29 is 4.74 Å². The lowest BCUT2D eigenvalue weighted by atomic mass is 9.94. The van der Waals surface area contributed by atoms with Gasteiger partial charge in [0.25, 0.3) is 0 Å². The molecule has 0 fully saturated rings. The van der Waals surface area contributed by atoms with E-state index in [2.05, 4.69) is 39.0 Å². The molecule has 1 rings (SSSR count). The van der Waals surface area contributed by atoms with Crippen molar-refractivity contribution in [3.8, 4) is 11.8 Å². The molecule has 0 aliphatic rings. The number of nitriles is 1. The Hall–Kier alpha value is -1.53. The van der Waals surface area contributed by atoms with Crippen LogP contribution in [0.1, 0.15) is 42.9 Å². The van der Waals surface area contributed by atoms with Crippen molar-refractivity contribution >= 4 is 0 Å². The van der Waals surface area contributed by atoms with Crippen LogP contribution in [0.4, 0.5) is 0 Å². The second-order valence-electron chi connectivity index (χ2n) is 5.28. The molecule has 19 heavy (non-hydrogen) atoms. The third kappa shape index (κ3) is 4.25. The maximum absolute atomic E-state index is 9.00. The first-order valence-corrected chi connectivity index (χ1v) is 6.82. The molecule has 0 radical (unpaired) electrons. The van der Waals surface area contributed by atoms with Crippen LogP contribution in [0.15, 0.2) is 12.1 Å². The van der Waals surface area contributed by atoms with Gasteiger partial charge in [-0.25, -0.2) is 0 Å². The standard InChI is InChI=1S/C16H24N2O/c1-5-16(18,11-17)7-6-8-19-15-10-12(2)9-13(3)14(15)4/h9-10H,5-8,18H2,1-4H3. The van der Waals surface area contributed by atoms with Crippen molar-refractivity contribution in [2.45, 2.75) is 52.5 Å². The van der Waals surface area contributed by atoms with Gasteiger partial charge in [0.15, 0.2) is 0 Å². The number of rotatable bonds is 6. The lowest BCUT2D eigenvalue weighted by molar-refractivity contribution is 0.289. The second kappa shape index (κ2) is 6.58. The van der Waals surface area contributed by atoms with Crippen molar-refractivity contribution in [1.29, 1.82) is 5.26 Å². The highest BCUT2D eigenvalue weighted by atomic mass is 16.5. The minimum absolute atomic E-state index is 0.602. The molecule has 3 nitrogen and oxygen atoms in total. The minimum atomic E-state index is -0.707. The summed E-state index contributed by atoms with van der Waals surface area (Å²) in [4.78, 5) is 0. The molecule has 0 amide bonds. The van der Waals surface area contributed by atoms with Gasteiger partial charge < -0.3 is 10.5 Å². The summed E-state index contributed by atoms with van der Waals surface area (Å²) in [5.41, 5.74) is 8.86. The number of aryl methyl sites for hydroxylation is 2. The van der Waals surface area contributed by atoms with Gasteiger partial charge in [-0.05, 0) is 62.8 Å². The molecular formula is C16H24N2O. The van der Waals surface area contributed by atoms with Gasteiger partial charge in [0.1, 0.15) is 11.3 Å². The highest BCUT2D eigenvalue weighted by Crippen LogP contribution is 2.23. The van der Waals surface area contributed by atoms with E-state index in [1.807, 2.05) is 6.92 Å². The zero-order valence-electron chi connectivity index (χ0n) is 12.4. The number of hydrogen-bond acceptors (Lipinski definition) is 3. The molecular weight excluding hydrogens is 236 g/mol. The van der Waals surface area contributed by atoms with E-state index in [0.717, 1.165) is 12.2 Å². The fraction of sp³-hybridized carbons (Fsp3) is 0.562. The van der Waals surface area contributed by atoms with Gasteiger partial charge in [0.05, 0.1) is 12.7 Å². The smallest absolute Gasteiger partial charge is 0.122 e. The fourth-order valence-electron chi connectivity index (χ4n) is 2.03. The SMILES string of the molecule is CCC(N)(C#N)CCCOc1cc(C)cc(C)c1C. The van der Waals surface area contributed by atoms with Crippen molar-refractivity contribution in [1.82, 2.24) is 0 Å². The number of nitrogens with zero attached hydrogens (tertiary/aromatic N) is 1. The average Bonchev–Trinajstić information content (AvgIpc) is 2.39. The minimum Gasteiger partial charge on any atom is -0.493 e. The quantitative estimate of drug-likeness (QED) is 0.797. The summed E-state index contributed by atoms with van der Waals surface area (Å²) in [6.45, 7) is 8.77. The largest absolute Gasteiger partial charge is 0.493 e. The van der Waals surface area contributed by atoms with Crippen LogP contribution < -0.4 is 10.5 Å². The zero-order valence-corrected chi connectivity index (χ0v) is 12.4. The van der Waals surface area contributed by atoms with E-state index in [1.54, 1.807) is 0 Å². The van der Waals surface area contributed by atoms with Crippen LogP contribution in [0, 0.1) is 32.1 Å². The summed E-state index contributed by atoms with van der Waals surface area (Å²) in [6.07, 6.45) is 2.14. The van der Waals surface area contributed by atoms with Gasteiger partial charge in [-0.2, -0.15) is 5.26 Å². The molecule has 1 unspecified atom stereocenters. The zero-order chi connectivity index (χ0) is 14.5. The summed E-state index contributed by atoms with van der Waals surface area (Å²) in [5.74, 6) is 0.938. The van der Waals surface area contributed by atoms with E-state index in [-0.39, 0.29) is 0 Å². The number of nitrogens with two attached hydrogens (primary N) is 1. The number of hydrogen-bond donors (Lipinski definition) is 1. The van der Waals surface area contributed by atoms with Gasteiger partial charge in [-0.3, -0.25) is 0 Å². The highest BCUT2D eigenvalue weighted by molar-refractivity contribution is 5.41. The van der Waals surface area contributed by atoms with Crippen LogP contribution in [0.25, 0.3) is 0 Å². The first-order chi connectivity index (χ1) is 8.91. The Kier molecular flexibility index (Phi) is 5.38. The van der Waals surface area contributed by atoms with Crippen molar-refractivity contribution in [2.24, 2.45) is 5.73 Å². The van der Waals surface area contributed by atoms with Gasteiger partial charge in [0.2, 0.25) is 0 Å². The summed E-state index contributed by atoms with van der Waals surface area (Å²) in [7, 11) is 0. The van der Waals surface area contributed by atoms with E-state index in [9.17, 15) is 0 Å². The number of ether oxygens (including phenoxy) is 1. The molecule has 0 bridgehead atoms. The van der Waals surface area contributed by atoms with E-state index >= 15 is 0 Å². The lowest BCUT2D eigenvalue weighted by Gasteiger charge is -2.19. The fourth-order valence-corrected chi connectivity index (χ4v) is 2.03. The first-order valence-electron chi connectivity index (χ1n) is 6.82. The van der Waals surface area contributed by atoms with Gasteiger partial charge in [-0.15, -0.1) is 0 Å². The molecule has 0 saturated carbocycles. The van der Waals surface area contributed by atoms with Crippen molar-refractivity contribution in [2.75, 3.05) is 6.61 Å². The van der Waals surface area contributed by atoms with Crippen LogP contribution in [-0.2, 0) is 0 Å². The van der Waals surface area contributed by atoms with Gasteiger partial charge in [-0.1, -0.05) is 13.0 Å². The maximum atomic E-state index is 9.00. The Morgan fingerprint density at radius 3 is 2.58 bits per heavy atom. The molecule has 0 heterocycles. The topological polar surface area (TPSA) is 59.0 Å². The van der Waals surface area contributed by atoms with Crippen LogP contribution >= 0.6 is 0 Å². The monoisotopic (exact) mass is 260 g/mol. The molecule has 0 aliphatic heterocycles. The third-order valence-corrected chi connectivity index (χ3v) is 3.64. The molecule has 0 saturated heterocycles. The Balaban J connectivity index is 2.53. The molecule has 1 aromatic rings. The molecule has 1 atom stereocenters. The van der Waals surface area contributed by atoms with E-state index in [0.29, 0.717) is 19.4 Å². The predicted molar refractivity (Wildman–Crippen MR) is 78.2 cm³/mol. The van der Waals surface area contributed by atoms with Crippen molar-refractivity contribution in [3.63, 3.8) is 0 Å². The Bertz CT molecular complexity index is 476. The van der Waals surface area contributed by atoms with Crippen molar-refractivity contribution in [3.05, 3.63) is 28.8 Å². The highest BCUT2D eigenvalue weighted by Gasteiger charge is 2.21. The normalized spacial score (nSPS) is 13.7. The summed E-state index contributed by atoms with van der Waals surface area (Å²) in [6, 6.07) is 6.39. The molecule has 0 spiro atoms. The van der Waals surface area contributed by atoms with E-state index in [4.69, 9.17) is 15.7 Å². The Morgan fingerprint density at radius 1 is 1.32 bits per heavy atom. The molecule has 1 aromatic carbocycles. The lowest BCUT2D eigenvalue weighted by Crippen LogP contribution is -2.37. The van der Waals surface area contributed by atoms with Gasteiger partial charge >= 0.3 is 0 Å². The van der Waals surface area contributed by atoms with Gasteiger partial charge in [0, 0.05) is 0 Å². The molecule has 3 heteroatoms. The van der Waals surface area contributed by atoms with Crippen LogP contribution in [-0.4, -0.2) is 12.1 Å². The third-order valence-electron chi connectivity index (χ3n) is 3.64. The second-order valence-corrected chi connectivity index (χ2v) is 5.28. The molecule has 104 valence electrons. The maximum Gasteiger partial charge on any atom is 0.122 e. The number of benzene rings is 1. The summed E-state index contributed by atoms with van der Waals surface area (Å²) in [5, 5.41) is 9.00. The first kappa shape index (κ1) is 15.5. The summed E-state index contributed by atoms with van der Waals surface area (Å²) >= 11 is 0. The molecule has 0 aliphatic carbocycles. The van der Waals surface area contributed by atoms with E-state index < -0.39 is 5.54 Å². The average molecular weight is 260 g/mol. The van der Waals surface area contributed by atoms with Crippen LogP contribution in [0.2, 0.25) is 0 Å².